The van der Waals surface area contributed by atoms with E-state index in [1.807, 2.05) is 0 Å². The van der Waals surface area contributed by atoms with Gasteiger partial charge in [0.2, 0.25) is 0 Å². The number of hydrogen-bond acceptors (Lipinski definition) is 0. The smallest absolute Gasteiger partial charge is 0.0134 e. The van der Waals surface area contributed by atoms with Gasteiger partial charge in [-0.3, -0.25) is 0 Å². The average Bonchev–Trinajstić information content (AvgIpc) is 2.17. The summed E-state index contributed by atoms with van der Waals surface area (Å²) in [7, 11) is 0. The summed E-state index contributed by atoms with van der Waals surface area (Å²) in [5.41, 5.74) is 3.01. The molecule has 0 heteroatoms. The number of rotatable bonds is 1. The van der Waals surface area contributed by atoms with Crippen molar-refractivity contribution in [1.29, 1.82) is 0 Å². The fourth-order valence-electron chi connectivity index (χ4n) is 3.62. The van der Waals surface area contributed by atoms with Crippen LogP contribution in [0.5, 0.6) is 0 Å². The second kappa shape index (κ2) is 5.21. The van der Waals surface area contributed by atoms with Crippen molar-refractivity contribution < 1.29 is 0 Å². The molecule has 0 saturated heterocycles. The fraction of sp³-hybridized carbons (Fsp3) is 0.750. The van der Waals surface area contributed by atoms with E-state index in [0.717, 1.165) is 23.7 Å². The summed E-state index contributed by atoms with van der Waals surface area (Å²) in [6.45, 7) is 11.2. The predicted octanol–water partition coefficient (Wildman–Crippen LogP) is 5.22. The maximum Gasteiger partial charge on any atom is -0.0134 e. The molecule has 3 unspecified atom stereocenters. The minimum absolute atomic E-state index is 0. The van der Waals surface area contributed by atoms with Crippen LogP contribution in [-0.4, -0.2) is 0 Å². The highest BCUT2D eigenvalue weighted by atomic mass is 14.4. The third-order valence-electron chi connectivity index (χ3n) is 4.60. The van der Waals surface area contributed by atoms with Gasteiger partial charge in [-0.25, -0.2) is 0 Å². The van der Waals surface area contributed by atoms with Crippen molar-refractivity contribution in [3.8, 4) is 0 Å². The van der Waals surface area contributed by atoms with Gasteiger partial charge < -0.3 is 0 Å². The van der Waals surface area contributed by atoms with Crippen LogP contribution in [-0.2, 0) is 0 Å². The highest BCUT2D eigenvalue weighted by Crippen LogP contribution is 2.47. The molecule has 2 aliphatic rings. The van der Waals surface area contributed by atoms with Crippen molar-refractivity contribution in [2.75, 3.05) is 0 Å². The molecule has 0 aromatic heterocycles. The lowest BCUT2D eigenvalue weighted by Gasteiger charge is -2.44. The van der Waals surface area contributed by atoms with E-state index in [-0.39, 0.29) is 7.43 Å². The Kier molecular flexibility index (Phi) is 4.41. The van der Waals surface area contributed by atoms with Gasteiger partial charge in [0.15, 0.2) is 0 Å². The van der Waals surface area contributed by atoms with E-state index in [9.17, 15) is 0 Å². The van der Waals surface area contributed by atoms with E-state index < -0.39 is 0 Å². The Morgan fingerprint density at radius 2 is 2.00 bits per heavy atom. The standard InChI is InChI=1S/C15H24.CH4/c1-10(2)13-8-6-12(4)14-7-5-11(3)9-15(13)14;/h9,12-15H,1,5-8H2,2-4H3;1H4/t12?,13-,14?,15?;/m0./s1. The van der Waals surface area contributed by atoms with Gasteiger partial charge >= 0.3 is 0 Å². The van der Waals surface area contributed by atoms with Crippen molar-refractivity contribution in [2.24, 2.45) is 23.7 Å². The first-order valence-electron chi connectivity index (χ1n) is 6.42. The van der Waals surface area contributed by atoms with E-state index in [0.29, 0.717) is 0 Å². The summed E-state index contributed by atoms with van der Waals surface area (Å²) in [5.74, 6) is 3.43. The Balaban J connectivity index is 0.00000128. The van der Waals surface area contributed by atoms with E-state index in [1.165, 1.54) is 31.3 Å². The van der Waals surface area contributed by atoms with Gasteiger partial charge in [-0.2, -0.15) is 0 Å². The number of hydrogen-bond donors (Lipinski definition) is 0. The molecule has 2 aliphatic carbocycles. The van der Waals surface area contributed by atoms with Gasteiger partial charge in [-0.1, -0.05) is 38.2 Å². The van der Waals surface area contributed by atoms with Crippen LogP contribution in [0.15, 0.2) is 23.8 Å². The maximum atomic E-state index is 4.19. The largest absolute Gasteiger partial charge is 0.0998 e. The average molecular weight is 220 g/mol. The molecule has 0 nitrogen and oxygen atoms in total. The molecule has 0 aromatic rings. The van der Waals surface area contributed by atoms with Crippen molar-refractivity contribution >= 4 is 0 Å². The van der Waals surface area contributed by atoms with E-state index in [1.54, 1.807) is 5.57 Å². The SMILES string of the molecule is C.C=C(C)[C@@H]1CCC(C)C2CCC(C)=CC21. The molecule has 0 amide bonds. The topological polar surface area (TPSA) is 0 Å². The van der Waals surface area contributed by atoms with Crippen LogP contribution in [0.3, 0.4) is 0 Å². The zero-order valence-corrected chi connectivity index (χ0v) is 10.4. The monoisotopic (exact) mass is 220 g/mol. The molecule has 0 radical (unpaired) electrons. The molecular weight excluding hydrogens is 192 g/mol. The number of allylic oxidation sites excluding steroid dienone is 3. The Labute approximate surface area is 102 Å². The van der Waals surface area contributed by atoms with Crippen LogP contribution < -0.4 is 0 Å². The Morgan fingerprint density at radius 3 is 2.62 bits per heavy atom. The third-order valence-corrected chi connectivity index (χ3v) is 4.60. The summed E-state index contributed by atoms with van der Waals surface area (Å²) < 4.78 is 0. The van der Waals surface area contributed by atoms with Gasteiger partial charge in [0.25, 0.3) is 0 Å². The van der Waals surface area contributed by atoms with Gasteiger partial charge in [0.05, 0.1) is 0 Å². The van der Waals surface area contributed by atoms with Crippen LogP contribution in [0, 0.1) is 23.7 Å². The summed E-state index contributed by atoms with van der Waals surface area (Å²) in [6.07, 6.45) is 8.07. The predicted molar refractivity (Wildman–Crippen MR) is 73.4 cm³/mol. The molecule has 0 heterocycles. The molecule has 0 aliphatic heterocycles. The van der Waals surface area contributed by atoms with Crippen LogP contribution in [0.4, 0.5) is 0 Å². The zero-order chi connectivity index (χ0) is 11.0. The summed E-state index contributed by atoms with van der Waals surface area (Å²) in [6, 6.07) is 0. The molecular formula is C16H28. The minimum atomic E-state index is 0. The molecule has 16 heavy (non-hydrogen) atoms. The maximum absolute atomic E-state index is 4.19. The quantitative estimate of drug-likeness (QED) is 0.532. The fourth-order valence-corrected chi connectivity index (χ4v) is 3.62. The minimum Gasteiger partial charge on any atom is -0.0998 e. The third kappa shape index (κ3) is 2.42. The Morgan fingerprint density at radius 1 is 1.31 bits per heavy atom. The molecule has 0 N–H and O–H groups in total. The highest BCUT2D eigenvalue weighted by molar-refractivity contribution is 5.15. The van der Waals surface area contributed by atoms with E-state index >= 15 is 0 Å². The van der Waals surface area contributed by atoms with Gasteiger partial charge in [-0.15, -0.1) is 0 Å². The van der Waals surface area contributed by atoms with E-state index in [4.69, 9.17) is 0 Å². The lowest BCUT2D eigenvalue weighted by atomic mass is 9.61. The molecule has 1 fully saturated rings. The van der Waals surface area contributed by atoms with Crippen LogP contribution in [0.1, 0.15) is 53.9 Å². The van der Waals surface area contributed by atoms with Crippen LogP contribution in [0.2, 0.25) is 0 Å². The van der Waals surface area contributed by atoms with Gasteiger partial charge in [0.1, 0.15) is 0 Å². The Hall–Kier alpha value is -0.520. The number of fused-ring (bicyclic) bond motifs is 1. The lowest BCUT2D eigenvalue weighted by Crippen LogP contribution is -2.34. The highest BCUT2D eigenvalue weighted by Gasteiger charge is 2.37. The van der Waals surface area contributed by atoms with Crippen molar-refractivity contribution in [3.63, 3.8) is 0 Å². The van der Waals surface area contributed by atoms with Crippen molar-refractivity contribution in [3.05, 3.63) is 23.8 Å². The van der Waals surface area contributed by atoms with Crippen LogP contribution in [0.25, 0.3) is 0 Å². The van der Waals surface area contributed by atoms with Crippen molar-refractivity contribution in [2.45, 2.75) is 53.9 Å². The first-order chi connectivity index (χ1) is 7.09. The summed E-state index contributed by atoms with van der Waals surface area (Å²) in [4.78, 5) is 0. The zero-order valence-electron chi connectivity index (χ0n) is 10.4. The first-order valence-corrected chi connectivity index (χ1v) is 6.42. The second-order valence-electron chi connectivity index (χ2n) is 5.80. The molecule has 2 rings (SSSR count). The summed E-state index contributed by atoms with van der Waals surface area (Å²) >= 11 is 0. The lowest BCUT2D eigenvalue weighted by molar-refractivity contribution is 0.135. The van der Waals surface area contributed by atoms with Crippen molar-refractivity contribution in [1.82, 2.24) is 0 Å². The van der Waals surface area contributed by atoms with Crippen LogP contribution >= 0.6 is 0 Å². The van der Waals surface area contributed by atoms with Gasteiger partial charge in [-0.05, 0) is 63.2 Å². The normalized spacial score (nSPS) is 38.1. The molecule has 0 bridgehead atoms. The molecule has 1 saturated carbocycles. The second-order valence-corrected chi connectivity index (χ2v) is 5.80. The molecule has 0 aromatic carbocycles. The van der Waals surface area contributed by atoms with E-state index in [2.05, 4.69) is 33.4 Å². The van der Waals surface area contributed by atoms with Gasteiger partial charge in [0, 0.05) is 0 Å². The first kappa shape index (κ1) is 13.5. The molecule has 0 spiro atoms. The summed E-state index contributed by atoms with van der Waals surface area (Å²) in [5, 5.41) is 0. The molecule has 92 valence electrons. The molecule has 4 atom stereocenters. The Bertz CT molecular complexity index is 284.